The first-order valence-corrected chi connectivity index (χ1v) is 10.4. The third kappa shape index (κ3) is 5.80. The summed E-state index contributed by atoms with van der Waals surface area (Å²) in [6, 6.07) is 25.7. The Morgan fingerprint density at radius 2 is 1.00 bits per heavy atom. The first kappa shape index (κ1) is 20.5. The molecule has 0 spiro atoms. The van der Waals surface area contributed by atoms with Crippen LogP contribution in [0.3, 0.4) is 0 Å². The molecule has 0 aliphatic rings. The molecule has 0 aliphatic carbocycles. The van der Waals surface area contributed by atoms with Crippen LogP contribution in [0.25, 0.3) is 21.5 Å². The summed E-state index contributed by atoms with van der Waals surface area (Å²) in [5, 5.41) is 5.39. The van der Waals surface area contributed by atoms with E-state index in [-0.39, 0.29) is 17.4 Å². The van der Waals surface area contributed by atoms with Crippen LogP contribution in [0.4, 0.5) is 0 Å². The summed E-state index contributed by atoms with van der Waals surface area (Å²) in [5.74, 6) is 0. The van der Waals surface area contributed by atoms with Crippen molar-refractivity contribution in [2.75, 3.05) is 0 Å². The molecule has 0 amide bonds. The maximum Gasteiger partial charge on any atom is 2.00 e. The van der Waals surface area contributed by atoms with Gasteiger partial charge in [-0.1, -0.05) is 39.1 Å². The molecule has 24 heavy (non-hydrogen) atoms. The molecule has 4 aromatic rings. The Morgan fingerprint density at radius 1 is 0.667 bits per heavy atom. The summed E-state index contributed by atoms with van der Waals surface area (Å²) in [5.41, 5.74) is 2.70. The third-order valence-electron chi connectivity index (χ3n) is 3.52. The van der Waals surface area contributed by atoms with Gasteiger partial charge in [0.2, 0.25) is 0 Å². The van der Waals surface area contributed by atoms with Gasteiger partial charge in [0.25, 0.3) is 0 Å². The fraction of sp³-hybridized carbons (Fsp3) is 0.182. The van der Waals surface area contributed by atoms with Gasteiger partial charge in [-0.15, -0.1) is 81.2 Å². The van der Waals surface area contributed by atoms with Gasteiger partial charge in [0.15, 0.2) is 0 Å². The monoisotopic (exact) mass is 369 g/mol. The van der Waals surface area contributed by atoms with E-state index in [0.29, 0.717) is 0 Å². The summed E-state index contributed by atoms with van der Waals surface area (Å²) < 4.78 is 0. The van der Waals surface area contributed by atoms with E-state index in [4.69, 9.17) is 0 Å². The molecule has 0 unspecified atom stereocenters. The summed E-state index contributed by atoms with van der Waals surface area (Å²) in [4.78, 5) is 0. The fourth-order valence-electron chi connectivity index (χ4n) is 2.61. The van der Waals surface area contributed by atoms with Crippen molar-refractivity contribution in [2.24, 2.45) is 0 Å². The third-order valence-corrected chi connectivity index (χ3v) is 3.52. The Labute approximate surface area is 159 Å². The molecule has 0 atom stereocenters. The van der Waals surface area contributed by atoms with E-state index in [1.807, 2.05) is 0 Å². The van der Waals surface area contributed by atoms with E-state index in [1.54, 1.807) is 0 Å². The minimum Gasteiger partial charge on any atom is -0.165 e. The largest absolute Gasteiger partial charge is 2.00 e. The van der Waals surface area contributed by atoms with Crippen molar-refractivity contribution in [3.05, 3.63) is 83.9 Å². The molecule has 123 valence electrons. The smallest absolute Gasteiger partial charge is 0.165 e. The molecule has 0 saturated carbocycles. The van der Waals surface area contributed by atoms with E-state index in [2.05, 4.69) is 99.7 Å². The van der Waals surface area contributed by atoms with Crippen LogP contribution in [0.15, 0.2) is 72.8 Å². The molecule has 0 aromatic heterocycles. The van der Waals surface area contributed by atoms with Gasteiger partial charge in [-0.3, -0.25) is 0 Å². The number of rotatable bonds is 0. The maximum atomic E-state index is 2.21. The van der Waals surface area contributed by atoms with Crippen LogP contribution in [0.1, 0.15) is 11.1 Å². The quantitative estimate of drug-likeness (QED) is 0.254. The first-order valence-electron chi connectivity index (χ1n) is 8.12. The van der Waals surface area contributed by atoms with Crippen molar-refractivity contribution in [1.82, 2.24) is 0 Å². The van der Waals surface area contributed by atoms with Crippen molar-refractivity contribution in [2.45, 2.75) is 26.9 Å². The zero-order valence-corrected chi connectivity index (χ0v) is 17.3. The number of hydrogen-bond acceptors (Lipinski definition) is 0. The van der Waals surface area contributed by atoms with E-state index >= 15 is 0 Å². The molecular formula is C22H25CrSi. The molecule has 0 aliphatic heterocycles. The molecule has 0 N–H and O–H groups in total. The van der Waals surface area contributed by atoms with Crippen LogP contribution in [0.5, 0.6) is 0 Å². The molecule has 1 radical (unpaired) electrons. The van der Waals surface area contributed by atoms with Crippen LogP contribution < -0.4 is 0 Å². The van der Waals surface area contributed by atoms with Crippen LogP contribution in [-0.2, 0) is 17.4 Å². The Morgan fingerprint density at radius 3 is 1.33 bits per heavy atom. The average Bonchev–Trinajstić information content (AvgIpc) is 3.08. The van der Waals surface area contributed by atoms with Crippen molar-refractivity contribution in [1.29, 1.82) is 0 Å². The number of fused-ring (bicyclic) bond motifs is 2. The van der Waals surface area contributed by atoms with Gasteiger partial charge in [-0.05, 0) is 0 Å². The molecule has 0 heterocycles. The molecule has 0 fully saturated rings. The molecule has 2 heteroatoms. The van der Waals surface area contributed by atoms with Gasteiger partial charge in [0, 0.05) is 9.52 Å². The van der Waals surface area contributed by atoms with E-state index < -0.39 is 0 Å². The number of aryl methyl sites for hydroxylation is 2. The van der Waals surface area contributed by atoms with E-state index in [1.165, 1.54) is 32.7 Å². The van der Waals surface area contributed by atoms with Gasteiger partial charge < -0.3 is 0 Å². The fourth-order valence-corrected chi connectivity index (χ4v) is 2.61. The van der Waals surface area contributed by atoms with Crippen LogP contribution in [-0.4, -0.2) is 9.52 Å². The minimum atomic E-state index is 0. The van der Waals surface area contributed by atoms with Gasteiger partial charge in [-0.25, -0.2) is 0 Å². The van der Waals surface area contributed by atoms with Crippen molar-refractivity contribution < 1.29 is 17.4 Å². The average molecular weight is 370 g/mol. The number of hydrogen-bond donors (Lipinski definition) is 0. The summed E-state index contributed by atoms with van der Waals surface area (Å²) in [6.07, 6.45) is 0. The Balaban J connectivity index is 0.000000200. The van der Waals surface area contributed by atoms with E-state index in [9.17, 15) is 0 Å². The predicted molar refractivity (Wildman–Crippen MR) is 107 cm³/mol. The SMILES string of the molecule is C[SiH]C.Cc1cc2ccccc2[cH-]1.Cc1cc2ccccc2[cH-]1.[Cr+2]. The zero-order valence-electron chi connectivity index (χ0n) is 14.9. The minimum absolute atomic E-state index is 0. The van der Waals surface area contributed by atoms with Crippen LogP contribution in [0, 0.1) is 13.8 Å². The summed E-state index contributed by atoms with van der Waals surface area (Å²) >= 11 is 0. The molecule has 4 rings (SSSR count). The standard InChI is InChI=1S/2C10H9.C2H7Si.Cr/c2*1-8-6-9-4-2-3-5-10(9)7-8;1-3-2;/h2*2-7H,1H3;3H,1-2H3;/q2*-1;;+2. The van der Waals surface area contributed by atoms with Gasteiger partial charge >= 0.3 is 17.4 Å². The molecule has 4 aromatic carbocycles. The first-order chi connectivity index (χ1) is 11.1. The van der Waals surface area contributed by atoms with Crippen LogP contribution in [0.2, 0.25) is 13.1 Å². The maximum absolute atomic E-state index is 2.21. The van der Waals surface area contributed by atoms with Crippen molar-refractivity contribution >= 4 is 31.1 Å². The molecule has 0 bridgehead atoms. The molecule has 0 nitrogen and oxygen atoms in total. The van der Waals surface area contributed by atoms with Crippen LogP contribution >= 0.6 is 0 Å². The normalized spacial score (nSPS) is 9.50. The second-order valence-corrected chi connectivity index (χ2v) is 7.06. The summed E-state index contributed by atoms with van der Waals surface area (Å²) in [6.45, 7) is 8.67. The number of benzene rings is 2. The van der Waals surface area contributed by atoms with Crippen molar-refractivity contribution in [3.63, 3.8) is 0 Å². The van der Waals surface area contributed by atoms with Crippen molar-refractivity contribution in [3.8, 4) is 0 Å². The predicted octanol–water partition coefficient (Wildman–Crippen LogP) is 6.25. The zero-order chi connectivity index (χ0) is 16.7. The molecular weight excluding hydrogens is 344 g/mol. The second kappa shape index (κ2) is 10.3. The van der Waals surface area contributed by atoms with Gasteiger partial charge in [-0.2, -0.15) is 12.1 Å². The van der Waals surface area contributed by atoms with Gasteiger partial charge in [0.05, 0.1) is 0 Å². The second-order valence-electron chi connectivity index (χ2n) is 5.90. The Kier molecular flexibility index (Phi) is 8.79. The van der Waals surface area contributed by atoms with Gasteiger partial charge in [0.1, 0.15) is 0 Å². The Hall–Kier alpha value is -1.59. The topological polar surface area (TPSA) is 0 Å². The summed E-state index contributed by atoms with van der Waals surface area (Å²) in [7, 11) is 0.750. The van der Waals surface area contributed by atoms with E-state index in [0.717, 1.165) is 9.52 Å². The Bertz CT molecular complexity index is 716. The molecule has 0 saturated heterocycles.